The van der Waals surface area contributed by atoms with Gasteiger partial charge in [0.05, 0.1) is 20.3 Å². The number of terminal acetylenes is 1. The summed E-state index contributed by atoms with van der Waals surface area (Å²) in [5.74, 6) is 4.20. The van der Waals surface area contributed by atoms with Gasteiger partial charge in [0.15, 0.2) is 11.5 Å². The minimum absolute atomic E-state index is 0.0538. The zero-order chi connectivity index (χ0) is 12.7. The van der Waals surface area contributed by atoms with Crippen molar-refractivity contribution in [1.82, 2.24) is 5.32 Å². The third kappa shape index (κ3) is 3.69. The molecule has 3 nitrogen and oxygen atoms in total. The summed E-state index contributed by atoms with van der Waals surface area (Å²) in [5.41, 5.74) is 1.13. The fraction of sp³-hybridized carbons (Fsp3) is 0.429. The predicted octanol–water partition coefficient (Wildman–Crippen LogP) is 1.86. The van der Waals surface area contributed by atoms with E-state index < -0.39 is 0 Å². The number of ether oxygens (including phenoxy) is 2. The summed E-state index contributed by atoms with van der Waals surface area (Å²) in [5, 5.41) is 3.24. The standard InChI is InChI=1S/C14H19NO2/c1-5-12(15-6-2)9-11-7-8-13(16-3)14(10-11)17-4/h1,7-8,10,12,15H,6,9H2,2-4H3. The van der Waals surface area contributed by atoms with Crippen molar-refractivity contribution in [2.45, 2.75) is 19.4 Å². The molecule has 3 heteroatoms. The van der Waals surface area contributed by atoms with E-state index in [0.717, 1.165) is 30.0 Å². The van der Waals surface area contributed by atoms with Gasteiger partial charge in [0, 0.05) is 0 Å². The highest BCUT2D eigenvalue weighted by Gasteiger charge is 2.08. The van der Waals surface area contributed by atoms with E-state index in [1.165, 1.54) is 0 Å². The van der Waals surface area contributed by atoms with E-state index in [1.807, 2.05) is 25.1 Å². The Bertz CT molecular complexity index is 396. The Morgan fingerprint density at radius 3 is 2.53 bits per heavy atom. The van der Waals surface area contributed by atoms with Gasteiger partial charge in [0.25, 0.3) is 0 Å². The van der Waals surface area contributed by atoms with E-state index in [2.05, 4.69) is 11.2 Å². The van der Waals surface area contributed by atoms with Crippen LogP contribution in [0.15, 0.2) is 18.2 Å². The third-order valence-electron chi connectivity index (χ3n) is 2.54. The Balaban J connectivity index is 2.82. The van der Waals surface area contributed by atoms with Crippen molar-refractivity contribution in [3.63, 3.8) is 0 Å². The Morgan fingerprint density at radius 2 is 2.00 bits per heavy atom. The molecule has 1 N–H and O–H groups in total. The summed E-state index contributed by atoms with van der Waals surface area (Å²) in [4.78, 5) is 0. The first-order chi connectivity index (χ1) is 8.24. The van der Waals surface area contributed by atoms with E-state index in [-0.39, 0.29) is 6.04 Å². The number of benzene rings is 1. The average Bonchev–Trinajstić information content (AvgIpc) is 2.38. The topological polar surface area (TPSA) is 30.5 Å². The highest BCUT2D eigenvalue weighted by Crippen LogP contribution is 2.27. The van der Waals surface area contributed by atoms with Crippen molar-refractivity contribution in [1.29, 1.82) is 0 Å². The monoisotopic (exact) mass is 233 g/mol. The van der Waals surface area contributed by atoms with Gasteiger partial charge in [-0.15, -0.1) is 6.42 Å². The summed E-state index contributed by atoms with van der Waals surface area (Å²) < 4.78 is 10.4. The zero-order valence-corrected chi connectivity index (χ0v) is 10.6. The van der Waals surface area contributed by atoms with E-state index in [9.17, 15) is 0 Å². The van der Waals surface area contributed by atoms with Crippen molar-refractivity contribution in [3.05, 3.63) is 23.8 Å². The maximum absolute atomic E-state index is 5.46. The molecule has 1 aromatic rings. The first-order valence-electron chi connectivity index (χ1n) is 5.65. The minimum Gasteiger partial charge on any atom is -0.493 e. The SMILES string of the molecule is C#CC(Cc1ccc(OC)c(OC)c1)NCC. The molecule has 0 radical (unpaired) electrons. The van der Waals surface area contributed by atoms with E-state index in [1.54, 1.807) is 14.2 Å². The summed E-state index contributed by atoms with van der Waals surface area (Å²) in [7, 11) is 3.25. The quantitative estimate of drug-likeness (QED) is 0.761. The fourth-order valence-corrected chi connectivity index (χ4v) is 1.68. The molecule has 17 heavy (non-hydrogen) atoms. The highest BCUT2D eigenvalue weighted by atomic mass is 16.5. The van der Waals surface area contributed by atoms with Crippen LogP contribution >= 0.6 is 0 Å². The van der Waals surface area contributed by atoms with Gasteiger partial charge in [0.1, 0.15) is 0 Å². The van der Waals surface area contributed by atoms with Crippen LogP contribution in [0.25, 0.3) is 0 Å². The van der Waals surface area contributed by atoms with Gasteiger partial charge < -0.3 is 14.8 Å². The molecule has 1 unspecified atom stereocenters. The van der Waals surface area contributed by atoms with Crippen molar-refractivity contribution in [2.24, 2.45) is 0 Å². The second kappa shape index (κ2) is 6.82. The zero-order valence-electron chi connectivity index (χ0n) is 10.6. The lowest BCUT2D eigenvalue weighted by molar-refractivity contribution is 0.354. The molecule has 1 atom stereocenters. The van der Waals surface area contributed by atoms with Gasteiger partial charge in [-0.2, -0.15) is 0 Å². The normalized spacial score (nSPS) is 11.6. The van der Waals surface area contributed by atoms with Crippen LogP contribution in [-0.4, -0.2) is 26.8 Å². The smallest absolute Gasteiger partial charge is 0.160 e. The van der Waals surface area contributed by atoms with Crippen LogP contribution in [-0.2, 0) is 6.42 Å². The summed E-state index contributed by atoms with van der Waals surface area (Å²) in [6.45, 7) is 2.90. The number of hydrogen-bond donors (Lipinski definition) is 1. The number of rotatable bonds is 6. The maximum Gasteiger partial charge on any atom is 0.160 e. The lowest BCUT2D eigenvalue weighted by Crippen LogP contribution is -2.29. The van der Waals surface area contributed by atoms with Gasteiger partial charge >= 0.3 is 0 Å². The van der Waals surface area contributed by atoms with Crippen LogP contribution in [0.4, 0.5) is 0 Å². The van der Waals surface area contributed by atoms with Crippen molar-refractivity contribution in [3.8, 4) is 23.8 Å². The molecule has 0 amide bonds. The average molecular weight is 233 g/mol. The van der Waals surface area contributed by atoms with Gasteiger partial charge in [0.2, 0.25) is 0 Å². The van der Waals surface area contributed by atoms with Gasteiger partial charge in [-0.05, 0) is 30.7 Å². The van der Waals surface area contributed by atoms with Gasteiger partial charge in [-0.25, -0.2) is 0 Å². The molecule has 0 bridgehead atoms. The van der Waals surface area contributed by atoms with Gasteiger partial charge in [-0.3, -0.25) is 0 Å². The summed E-state index contributed by atoms with van der Waals surface area (Å²) in [6, 6.07) is 5.91. The van der Waals surface area contributed by atoms with Crippen molar-refractivity contribution < 1.29 is 9.47 Å². The third-order valence-corrected chi connectivity index (χ3v) is 2.54. The molecule has 0 heterocycles. The lowest BCUT2D eigenvalue weighted by Gasteiger charge is -2.13. The minimum atomic E-state index is 0.0538. The molecule has 0 fully saturated rings. The molecule has 0 saturated carbocycles. The van der Waals surface area contributed by atoms with Crippen LogP contribution in [0, 0.1) is 12.3 Å². The number of likely N-dealkylation sites (N-methyl/N-ethyl adjacent to an activating group) is 1. The molecule has 92 valence electrons. The van der Waals surface area contributed by atoms with E-state index in [4.69, 9.17) is 15.9 Å². The Kier molecular flexibility index (Phi) is 5.38. The number of methoxy groups -OCH3 is 2. The molecule has 0 aliphatic carbocycles. The highest BCUT2D eigenvalue weighted by molar-refractivity contribution is 5.43. The lowest BCUT2D eigenvalue weighted by atomic mass is 10.1. The molecule has 0 aliphatic rings. The Labute approximate surface area is 103 Å². The molecule has 1 aromatic carbocycles. The molecule has 0 saturated heterocycles. The molecular weight excluding hydrogens is 214 g/mol. The molecule has 0 aromatic heterocycles. The molecule has 0 aliphatic heterocycles. The van der Waals surface area contributed by atoms with Crippen molar-refractivity contribution in [2.75, 3.05) is 20.8 Å². The number of hydrogen-bond acceptors (Lipinski definition) is 3. The van der Waals surface area contributed by atoms with Crippen LogP contribution in [0.5, 0.6) is 11.5 Å². The molecule has 0 spiro atoms. The Hall–Kier alpha value is -1.66. The fourth-order valence-electron chi connectivity index (χ4n) is 1.68. The molecular formula is C14H19NO2. The predicted molar refractivity (Wildman–Crippen MR) is 69.5 cm³/mol. The van der Waals surface area contributed by atoms with Crippen molar-refractivity contribution >= 4 is 0 Å². The summed E-state index contributed by atoms with van der Waals surface area (Å²) in [6.07, 6.45) is 6.25. The maximum atomic E-state index is 5.46. The second-order valence-corrected chi connectivity index (χ2v) is 3.67. The van der Waals surface area contributed by atoms with Crippen LogP contribution < -0.4 is 14.8 Å². The van der Waals surface area contributed by atoms with Gasteiger partial charge in [-0.1, -0.05) is 18.9 Å². The van der Waals surface area contributed by atoms with E-state index in [0.29, 0.717) is 0 Å². The van der Waals surface area contributed by atoms with Crippen LogP contribution in [0.3, 0.4) is 0 Å². The largest absolute Gasteiger partial charge is 0.493 e. The second-order valence-electron chi connectivity index (χ2n) is 3.67. The Morgan fingerprint density at radius 1 is 1.29 bits per heavy atom. The summed E-state index contributed by atoms with van der Waals surface area (Å²) >= 11 is 0. The molecule has 1 rings (SSSR count). The first-order valence-corrected chi connectivity index (χ1v) is 5.65. The van der Waals surface area contributed by atoms with Crippen LogP contribution in [0.2, 0.25) is 0 Å². The van der Waals surface area contributed by atoms with Crippen LogP contribution in [0.1, 0.15) is 12.5 Å². The number of nitrogens with one attached hydrogen (secondary N) is 1. The first kappa shape index (κ1) is 13.4. The van der Waals surface area contributed by atoms with E-state index >= 15 is 0 Å².